The van der Waals surface area contributed by atoms with Crippen LogP contribution < -0.4 is 5.32 Å². The molecule has 1 amide bonds. The van der Waals surface area contributed by atoms with Gasteiger partial charge in [-0.15, -0.1) is 0 Å². The minimum absolute atomic E-state index is 0.195. The van der Waals surface area contributed by atoms with Gasteiger partial charge in [-0.25, -0.2) is 0 Å². The minimum atomic E-state index is -1.78. The van der Waals surface area contributed by atoms with E-state index in [0.717, 1.165) is 51.4 Å². The summed E-state index contributed by atoms with van der Waals surface area (Å²) in [6, 6.07) is -0.825. The molecule has 0 saturated carbocycles. The van der Waals surface area contributed by atoms with Crippen LogP contribution in [0, 0.1) is 0 Å². The van der Waals surface area contributed by atoms with Crippen LogP contribution in [0.2, 0.25) is 0 Å². The molecule has 0 aromatic heterocycles. The highest BCUT2D eigenvalue weighted by Crippen LogP contribution is 2.31. The van der Waals surface area contributed by atoms with Gasteiger partial charge in [0.1, 0.15) is 48.8 Å². The lowest BCUT2D eigenvalue weighted by atomic mass is 9.97. The van der Waals surface area contributed by atoms with Crippen LogP contribution in [-0.4, -0.2) is 140 Å². The lowest BCUT2D eigenvalue weighted by molar-refractivity contribution is -0.359. The number of hydrogen-bond donors (Lipinski definition) is 9. The number of ether oxygens (including phenoxy) is 4. The summed E-state index contributed by atoms with van der Waals surface area (Å²) in [7, 11) is 0. The standard InChI is InChI=1S/C77H151NO13/c1-3-5-7-9-11-13-15-17-19-21-23-25-27-29-30-31-32-33-34-35-37-38-40-42-44-46-48-50-52-54-56-58-60-66(81)65(64-88-76-74(87)72(85)75(68(63-80)90-76)91-77-73(86)71(84)70(83)67(62-79)89-77)78-69(82)61-59-57-55-53-51-49-47-45-43-41-39-36-28-26-24-22-20-18-16-14-12-10-8-6-4-2/h65-68,70-77,79-81,83-87H,3-64H2,1-2H3,(H,78,82). The van der Waals surface area contributed by atoms with E-state index in [9.17, 15) is 45.6 Å². The molecule has 2 fully saturated rings. The fourth-order valence-electron chi connectivity index (χ4n) is 13.8. The van der Waals surface area contributed by atoms with Crippen molar-refractivity contribution in [1.82, 2.24) is 5.32 Å². The number of carbonyl (C=O) groups is 1. The van der Waals surface area contributed by atoms with Crippen molar-refractivity contribution in [3.05, 3.63) is 0 Å². The number of hydrogen-bond acceptors (Lipinski definition) is 13. The van der Waals surface area contributed by atoms with E-state index in [1.165, 1.54) is 315 Å². The number of aliphatic hydroxyl groups is 8. The van der Waals surface area contributed by atoms with Crippen LogP contribution in [0.4, 0.5) is 0 Å². The Bertz CT molecular complexity index is 1530. The molecule has 0 aromatic carbocycles. The predicted molar refractivity (Wildman–Crippen MR) is 374 cm³/mol. The highest BCUT2D eigenvalue weighted by molar-refractivity contribution is 5.76. The van der Waals surface area contributed by atoms with Crippen LogP contribution in [0.5, 0.6) is 0 Å². The Morgan fingerprint density at radius 3 is 0.934 bits per heavy atom. The van der Waals surface area contributed by atoms with Crippen molar-refractivity contribution in [1.29, 1.82) is 0 Å². The maximum Gasteiger partial charge on any atom is 0.220 e. The first-order chi connectivity index (χ1) is 44.6. The van der Waals surface area contributed by atoms with Crippen molar-refractivity contribution >= 4 is 5.91 Å². The Hall–Kier alpha value is -1.01. The highest BCUT2D eigenvalue weighted by Gasteiger charge is 2.51. The number of amides is 1. The first kappa shape index (κ1) is 86.1. The minimum Gasteiger partial charge on any atom is -0.394 e. The second kappa shape index (κ2) is 62.5. The maximum atomic E-state index is 13.4. The Labute approximate surface area is 559 Å². The van der Waals surface area contributed by atoms with Gasteiger partial charge >= 0.3 is 0 Å². The van der Waals surface area contributed by atoms with E-state index in [4.69, 9.17) is 18.9 Å². The Morgan fingerprint density at radius 2 is 0.626 bits per heavy atom. The highest BCUT2D eigenvalue weighted by atomic mass is 16.7. The third-order valence-electron chi connectivity index (χ3n) is 20.1. The lowest BCUT2D eigenvalue weighted by Crippen LogP contribution is -2.65. The van der Waals surface area contributed by atoms with Crippen LogP contribution >= 0.6 is 0 Å². The number of carbonyl (C=O) groups excluding carboxylic acids is 1. The largest absolute Gasteiger partial charge is 0.394 e. The molecule has 91 heavy (non-hydrogen) atoms. The smallest absolute Gasteiger partial charge is 0.220 e. The van der Waals surface area contributed by atoms with Gasteiger partial charge in [0.2, 0.25) is 5.91 Å². The van der Waals surface area contributed by atoms with Gasteiger partial charge in [0, 0.05) is 6.42 Å². The molecule has 2 aliphatic heterocycles. The second-order valence-electron chi connectivity index (χ2n) is 28.6. The molecule has 14 heteroatoms. The second-order valence-corrected chi connectivity index (χ2v) is 28.6. The quantitative estimate of drug-likeness (QED) is 0.0259. The fraction of sp³-hybridized carbons (Fsp3) is 0.987. The summed E-state index contributed by atoms with van der Waals surface area (Å²) in [5.74, 6) is -0.195. The van der Waals surface area contributed by atoms with Crippen molar-refractivity contribution in [3.8, 4) is 0 Å². The van der Waals surface area contributed by atoms with Crippen molar-refractivity contribution in [2.24, 2.45) is 0 Å². The van der Waals surface area contributed by atoms with Crippen LogP contribution in [0.15, 0.2) is 0 Å². The van der Waals surface area contributed by atoms with Gasteiger partial charge in [-0.1, -0.05) is 373 Å². The van der Waals surface area contributed by atoms with Gasteiger partial charge in [0.25, 0.3) is 0 Å². The summed E-state index contributed by atoms with van der Waals surface area (Å²) in [6.07, 6.45) is 60.0. The molecule has 14 nitrogen and oxygen atoms in total. The summed E-state index contributed by atoms with van der Waals surface area (Å²) in [5.41, 5.74) is 0. The van der Waals surface area contributed by atoms with Crippen molar-refractivity contribution in [2.45, 2.75) is 466 Å². The molecule has 12 unspecified atom stereocenters. The van der Waals surface area contributed by atoms with Gasteiger partial charge in [-0.2, -0.15) is 0 Å². The molecule has 0 radical (unpaired) electrons. The molecule has 0 aromatic rings. The molecular formula is C77H151NO13. The van der Waals surface area contributed by atoms with Crippen LogP contribution in [0.3, 0.4) is 0 Å². The molecular weight excluding hydrogens is 1150 g/mol. The van der Waals surface area contributed by atoms with Crippen LogP contribution in [0.1, 0.15) is 393 Å². The normalized spacial score (nSPS) is 22.7. The molecule has 2 rings (SSSR count). The zero-order valence-corrected chi connectivity index (χ0v) is 59.4. The Morgan fingerprint density at radius 1 is 0.352 bits per heavy atom. The van der Waals surface area contributed by atoms with E-state index in [1.54, 1.807) is 0 Å². The van der Waals surface area contributed by atoms with Gasteiger partial charge in [0.05, 0.1) is 32.0 Å². The van der Waals surface area contributed by atoms with Crippen LogP contribution in [0.25, 0.3) is 0 Å². The molecule has 0 bridgehead atoms. The van der Waals surface area contributed by atoms with Crippen molar-refractivity contribution in [2.75, 3.05) is 19.8 Å². The Balaban J connectivity index is 1.60. The molecule has 2 saturated heterocycles. The maximum absolute atomic E-state index is 13.4. The summed E-state index contributed by atoms with van der Waals surface area (Å²) in [6.45, 7) is 2.95. The number of rotatable bonds is 68. The topological polar surface area (TPSA) is 228 Å². The molecule has 9 N–H and O–H groups in total. The number of nitrogens with one attached hydrogen (secondary N) is 1. The molecule has 2 aliphatic rings. The summed E-state index contributed by atoms with van der Waals surface area (Å²) < 4.78 is 23.0. The lowest BCUT2D eigenvalue weighted by Gasteiger charge is -2.46. The molecule has 12 atom stereocenters. The third kappa shape index (κ3) is 46.0. The van der Waals surface area contributed by atoms with Gasteiger partial charge in [-0.3, -0.25) is 4.79 Å². The summed E-state index contributed by atoms with van der Waals surface area (Å²) in [5, 5.41) is 87.8. The first-order valence-corrected chi connectivity index (χ1v) is 39.8. The fourth-order valence-corrected chi connectivity index (χ4v) is 13.8. The van der Waals surface area contributed by atoms with E-state index < -0.39 is 86.8 Å². The van der Waals surface area contributed by atoms with Gasteiger partial charge in [-0.05, 0) is 12.8 Å². The van der Waals surface area contributed by atoms with E-state index in [1.807, 2.05) is 0 Å². The number of unbranched alkanes of at least 4 members (excludes halogenated alkanes) is 55. The Kier molecular flexibility index (Phi) is 59.1. The van der Waals surface area contributed by atoms with E-state index in [-0.39, 0.29) is 12.5 Å². The monoisotopic (exact) mass is 1300 g/mol. The average Bonchev–Trinajstić information content (AvgIpc) is 2.77. The molecule has 2 heterocycles. The first-order valence-electron chi connectivity index (χ1n) is 39.8. The summed E-state index contributed by atoms with van der Waals surface area (Å²) >= 11 is 0. The average molecular weight is 1300 g/mol. The molecule has 542 valence electrons. The van der Waals surface area contributed by atoms with E-state index >= 15 is 0 Å². The van der Waals surface area contributed by atoms with Crippen LogP contribution in [-0.2, 0) is 23.7 Å². The molecule has 0 aliphatic carbocycles. The summed E-state index contributed by atoms with van der Waals surface area (Å²) in [4.78, 5) is 13.4. The SMILES string of the molecule is CCCCCCCCCCCCCCCCCCCCCCCCCCCCCCCCCCC(O)C(COC1OC(CO)C(OC2OC(CO)C(O)C(O)C2O)C(O)C1O)NC(=O)CCCCCCCCCCCCCCCCCCCCCCCCCCC. The van der Waals surface area contributed by atoms with Crippen molar-refractivity contribution < 1.29 is 64.6 Å². The van der Waals surface area contributed by atoms with Crippen molar-refractivity contribution in [3.63, 3.8) is 0 Å². The van der Waals surface area contributed by atoms with E-state index in [0.29, 0.717) is 12.8 Å². The number of aliphatic hydroxyl groups excluding tert-OH is 8. The predicted octanol–water partition coefficient (Wildman–Crippen LogP) is 17.5. The third-order valence-corrected chi connectivity index (χ3v) is 20.1. The zero-order valence-electron chi connectivity index (χ0n) is 59.4. The zero-order chi connectivity index (χ0) is 65.9. The molecule has 0 spiro atoms. The van der Waals surface area contributed by atoms with Gasteiger partial charge < -0.3 is 65.1 Å². The van der Waals surface area contributed by atoms with E-state index in [2.05, 4.69) is 19.2 Å². The van der Waals surface area contributed by atoms with Gasteiger partial charge in [0.15, 0.2) is 12.6 Å².